The first-order chi connectivity index (χ1) is 18.6. The molecule has 8 nitrogen and oxygen atoms in total. The van der Waals surface area contributed by atoms with Crippen LogP contribution in [0.15, 0.2) is 91.1 Å². The van der Waals surface area contributed by atoms with Crippen LogP contribution in [-0.4, -0.2) is 45.6 Å². The summed E-state index contributed by atoms with van der Waals surface area (Å²) in [6.45, 7) is 1.66. The SMILES string of the molecule is Nc1cccc(Nc2nccc(-c3ccc(NC(=O)C(c4ccccc4)N4CCCC(CO)C4)cc3)n2)c1. The second-order valence-corrected chi connectivity index (χ2v) is 9.58. The molecule has 2 atom stereocenters. The van der Waals surface area contributed by atoms with Crippen molar-refractivity contribution in [3.05, 3.63) is 96.7 Å². The largest absolute Gasteiger partial charge is 0.399 e. The summed E-state index contributed by atoms with van der Waals surface area (Å²) in [4.78, 5) is 24.7. The summed E-state index contributed by atoms with van der Waals surface area (Å²) in [7, 11) is 0. The Hall–Kier alpha value is -4.27. The Morgan fingerprint density at radius 3 is 2.61 bits per heavy atom. The molecule has 4 aromatic rings. The summed E-state index contributed by atoms with van der Waals surface area (Å²) >= 11 is 0. The summed E-state index contributed by atoms with van der Waals surface area (Å²) in [6.07, 6.45) is 3.65. The number of aliphatic hydroxyl groups excluding tert-OH is 1. The number of nitrogens with one attached hydrogen (secondary N) is 2. The minimum Gasteiger partial charge on any atom is -0.399 e. The Morgan fingerprint density at radius 2 is 1.84 bits per heavy atom. The van der Waals surface area contributed by atoms with Crippen LogP contribution in [0, 0.1) is 5.92 Å². The van der Waals surface area contributed by atoms with Crippen molar-refractivity contribution in [3.8, 4) is 11.3 Å². The topological polar surface area (TPSA) is 116 Å². The summed E-state index contributed by atoms with van der Waals surface area (Å²) in [5.41, 5.74) is 10.7. The van der Waals surface area contributed by atoms with Gasteiger partial charge in [-0.15, -0.1) is 0 Å². The quantitative estimate of drug-likeness (QED) is 0.251. The Kier molecular flexibility index (Phi) is 7.92. The number of hydrogen-bond acceptors (Lipinski definition) is 7. The van der Waals surface area contributed by atoms with Crippen LogP contribution in [0.4, 0.5) is 23.0 Å². The van der Waals surface area contributed by atoms with Crippen molar-refractivity contribution in [2.75, 3.05) is 36.1 Å². The van der Waals surface area contributed by atoms with Crippen LogP contribution in [0.25, 0.3) is 11.3 Å². The van der Waals surface area contributed by atoms with Gasteiger partial charge in [0, 0.05) is 42.0 Å². The van der Waals surface area contributed by atoms with Gasteiger partial charge in [-0.1, -0.05) is 48.5 Å². The molecule has 2 heterocycles. The lowest BCUT2D eigenvalue weighted by Gasteiger charge is -2.37. The van der Waals surface area contributed by atoms with Gasteiger partial charge in [-0.2, -0.15) is 0 Å². The van der Waals surface area contributed by atoms with E-state index in [0.717, 1.165) is 41.9 Å². The first-order valence-electron chi connectivity index (χ1n) is 12.9. The highest BCUT2D eigenvalue weighted by atomic mass is 16.3. The van der Waals surface area contributed by atoms with Gasteiger partial charge in [-0.25, -0.2) is 9.97 Å². The van der Waals surface area contributed by atoms with Gasteiger partial charge in [-0.3, -0.25) is 9.69 Å². The number of nitrogen functional groups attached to an aromatic ring is 1. The average Bonchev–Trinajstić information content (AvgIpc) is 2.94. The second-order valence-electron chi connectivity index (χ2n) is 9.58. The van der Waals surface area contributed by atoms with Crippen LogP contribution < -0.4 is 16.4 Å². The van der Waals surface area contributed by atoms with Gasteiger partial charge in [0.15, 0.2) is 0 Å². The van der Waals surface area contributed by atoms with Crippen molar-refractivity contribution >= 4 is 28.9 Å². The zero-order valence-electron chi connectivity index (χ0n) is 21.1. The number of benzene rings is 3. The molecule has 1 amide bonds. The van der Waals surface area contributed by atoms with Gasteiger partial charge in [0.05, 0.1) is 5.69 Å². The lowest BCUT2D eigenvalue weighted by atomic mass is 9.95. The van der Waals surface area contributed by atoms with Gasteiger partial charge < -0.3 is 21.5 Å². The minimum atomic E-state index is -0.423. The molecule has 0 radical (unpaired) electrons. The molecule has 0 spiro atoms. The zero-order valence-corrected chi connectivity index (χ0v) is 21.1. The molecule has 1 aliphatic heterocycles. The van der Waals surface area contributed by atoms with Crippen LogP contribution in [0.2, 0.25) is 0 Å². The number of hydrogen-bond donors (Lipinski definition) is 4. The number of nitrogens with zero attached hydrogens (tertiary/aromatic N) is 3. The molecule has 2 unspecified atom stereocenters. The zero-order chi connectivity index (χ0) is 26.3. The van der Waals surface area contributed by atoms with E-state index in [1.807, 2.05) is 84.9 Å². The van der Waals surface area contributed by atoms with Crippen LogP contribution in [-0.2, 0) is 4.79 Å². The van der Waals surface area contributed by atoms with E-state index in [1.165, 1.54) is 0 Å². The van der Waals surface area contributed by atoms with E-state index in [0.29, 0.717) is 23.9 Å². The molecule has 5 N–H and O–H groups in total. The standard InChI is InChI=1S/C30H32N6O2/c31-24-9-4-10-26(18-24)34-30-32-16-15-27(35-30)22-11-13-25(14-12-22)33-29(38)28(23-7-2-1-3-8-23)36-17-5-6-21(19-36)20-37/h1-4,7-16,18,21,28,37H,5-6,17,19-20,31H2,(H,33,38)(H,32,34,35). The summed E-state index contributed by atoms with van der Waals surface area (Å²) < 4.78 is 0. The van der Waals surface area contributed by atoms with Crippen LogP contribution in [0.1, 0.15) is 24.4 Å². The molecule has 38 heavy (non-hydrogen) atoms. The molecule has 194 valence electrons. The molecule has 1 aromatic heterocycles. The van der Waals surface area contributed by atoms with Crippen molar-refractivity contribution in [3.63, 3.8) is 0 Å². The van der Waals surface area contributed by atoms with Crippen molar-refractivity contribution in [2.45, 2.75) is 18.9 Å². The number of carbonyl (C=O) groups is 1. The maximum Gasteiger partial charge on any atom is 0.246 e. The van der Waals surface area contributed by atoms with E-state index < -0.39 is 6.04 Å². The highest BCUT2D eigenvalue weighted by Crippen LogP contribution is 2.29. The molecule has 0 saturated carbocycles. The fourth-order valence-electron chi connectivity index (χ4n) is 4.90. The predicted octanol–water partition coefficient (Wildman–Crippen LogP) is 4.85. The fraction of sp³-hybridized carbons (Fsp3) is 0.233. The normalized spacial score (nSPS) is 16.5. The van der Waals surface area contributed by atoms with Crippen LogP contribution in [0.5, 0.6) is 0 Å². The number of nitrogens with two attached hydrogens (primary N) is 1. The number of likely N-dealkylation sites (tertiary alicyclic amines) is 1. The molecule has 1 saturated heterocycles. The maximum atomic E-state index is 13.6. The molecule has 0 bridgehead atoms. The number of piperidine rings is 1. The summed E-state index contributed by atoms with van der Waals surface area (Å²) in [5.74, 6) is 0.575. The first kappa shape index (κ1) is 25.4. The van der Waals surface area contributed by atoms with Crippen molar-refractivity contribution < 1.29 is 9.90 Å². The monoisotopic (exact) mass is 508 g/mol. The molecule has 0 aliphatic carbocycles. The highest BCUT2D eigenvalue weighted by Gasteiger charge is 2.31. The molecule has 3 aromatic carbocycles. The number of amides is 1. The van der Waals surface area contributed by atoms with Crippen molar-refractivity contribution in [1.82, 2.24) is 14.9 Å². The highest BCUT2D eigenvalue weighted by molar-refractivity contribution is 5.95. The lowest BCUT2D eigenvalue weighted by Crippen LogP contribution is -2.44. The number of rotatable bonds is 8. The molecule has 1 fully saturated rings. The first-order valence-corrected chi connectivity index (χ1v) is 12.9. The van der Waals surface area contributed by atoms with E-state index in [1.54, 1.807) is 6.20 Å². The van der Waals surface area contributed by atoms with E-state index >= 15 is 0 Å². The molecule has 8 heteroatoms. The summed E-state index contributed by atoms with van der Waals surface area (Å²) in [6, 6.07) is 26.3. The molecule has 5 rings (SSSR count). The Labute approximate surface area is 222 Å². The van der Waals surface area contributed by atoms with Gasteiger partial charge in [0.2, 0.25) is 11.9 Å². The third-order valence-corrected chi connectivity index (χ3v) is 6.78. The number of anilines is 4. The Bertz CT molecular complexity index is 1360. The number of carbonyl (C=O) groups excluding carboxylic acids is 1. The van der Waals surface area contributed by atoms with Gasteiger partial charge in [0.25, 0.3) is 0 Å². The van der Waals surface area contributed by atoms with Gasteiger partial charge in [-0.05, 0) is 67.3 Å². The summed E-state index contributed by atoms with van der Waals surface area (Å²) in [5, 5.41) is 16.0. The van der Waals surface area contributed by atoms with Gasteiger partial charge >= 0.3 is 0 Å². The molecular weight excluding hydrogens is 476 g/mol. The van der Waals surface area contributed by atoms with E-state index in [4.69, 9.17) is 5.73 Å². The van der Waals surface area contributed by atoms with Crippen LogP contribution >= 0.6 is 0 Å². The van der Waals surface area contributed by atoms with Gasteiger partial charge in [0.1, 0.15) is 6.04 Å². The average molecular weight is 509 g/mol. The van der Waals surface area contributed by atoms with Crippen molar-refractivity contribution in [2.24, 2.45) is 5.92 Å². The number of aliphatic hydroxyl groups is 1. The third-order valence-electron chi connectivity index (χ3n) is 6.78. The fourth-order valence-corrected chi connectivity index (χ4v) is 4.90. The third kappa shape index (κ3) is 6.16. The molecule has 1 aliphatic rings. The van der Waals surface area contributed by atoms with E-state index in [2.05, 4.69) is 25.5 Å². The maximum absolute atomic E-state index is 13.6. The van der Waals surface area contributed by atoms with E-state index in [9.17, 15) is 9.90 Å². The lowest BCUT2D eigenvalue weighted by molar-refractivity contribution is -0.122. The smallest absolute Gasteiger partial charge is 0.246 e. The number of aromatic nitrogens is 2. The second kappa shape index (κ2) is 11.9. The Morgan fingerprint density at radius 1 is 1.03 bits per heavy atom. The van der Waals surface area contributed by atoms with Crippen LogP contribution in [0.3, 0.4) is 0 Å². The van der Waals surface area contributed by atoms with E-state index in [-0.39, 0.29) is 18.4 Å². The predicted molar refractivity (Wildman–Crippen MR) is 151 cm³/mol. The molecular formula is C30H32N6O2. The minimum absolute atomic E-state index is 0.0850. The van der Waals surface area contributed by atoms with Crippen molar-refractivity contribution in [1.29, 1.82) is 0 Å². The Balaban J connectivity index is 1.31.